The maximum absolute atomic E-state index is 15.6. The minimum Gasteiger partial charge on any atom is -0.493 e. The summed E-state index contributed by atoms with van der Waals surface area (Å²) in [5.41, 5.74) is 8.25. The van der Waals surface area contributed by atoms with E-state index in [2.05, 4.69) is 16.4 Å². The van der Waals surface area contributed by atoms with E-state index >= 15 is 4.39 Å². The first-order valence-corrected chi connectivity index (χ1v) is 14.0. The third-order valence-electron chi connectivity index (χ3n) is 7.36. The monoisotopic (exact) mass is 603 g/mol. The molecule has 0 aliphatic heterocycles. The zero-order valence-electron chi connectivity index (χ0n) is 25.1. The number of carbonyl (C=O) groups excluding carboxylic acids is 1. The Morgan fingerprint density at radius 2 is 1.69 bits per heavy atom. The molecule has 2 aromatic heterocycles. The lowest BCUT2D eigenvalue weighted by molar-refractivity contribution is 0.102. The lowest BCUT2D eigenvalue weighted by Gasteiger charge is -2.18. The number of halogens is 1. The van der Waals surface area contributed by atoms with Crippen molar-refractivity contribution >= 4 is 17.4 Å². The van der Waals surface area contributed by atoms with Crippen molar-refractivity contribution in [2.24, 2.45) is 0 Å². The Bertz CT molecular complexity index is 2020. The van der Waals surface area contributed by atoms with Crippen molar-refractivity contribution in [1.29, 1.82) is 5.26 Å². The summed E-state index contributed by atoms with van der Waals surface area (Å²) in [6, 6.07) is 21.8. The molecule has 45 heavy (non-hydrogen) atoms. The van der Waals surface area contributed by atoms with E-state index in [0.717, 1.165) is 11.6 Å². The van der Waals surface area contributed by atoms with Crippen molar-refractivity contribution in [2.45, 2.75) is 19.9 Å². The highest BCUT2D eigenvalue weighted by atomic mass is 19.1. The first-order valence-electron chi connectivity index (χ1n) is 14.0. The van der Waals surface area contributed by atoms with E-state index in [1.165, 1.54) is 25.4 Å². The summed E-state index contributed by atoms with van der Waals surface area (Å²) < 4.78 is 27.9. The van der Waals surface area contributed by atoms with Crippen molar-refractivity contribution in [3.05, 3.63) is 112 Å². The highest BCUT2D eigenvalue weighted by Gasteiger charge is 2.23. The number of benzene rings is 3. The van der Waals surface area contributed by atoms with Crippen LogP contribution in [0.5, 0.6) is 11.5 Å². The molecule has 0 fully saturated rings. The lowest BCUT2D eigenvalue weighted by Crippen LogP contribution is -2.27. The number of ether oxygens (including phenoxy) is 2. The second kappa shape index (κ2) is 12.7. The van der Waals surface area contributed by atoms with Gasteiger partial charge in [0.2, 0.25) is 5.43 Å². The Hall–Kier alpha value is -5.95. The van der Waals surface area contributed by atoms with Gasteiger partial charge in [0.15, 0.2) is 11.5 Å². The molecule has 0 bridgehead atoms. The van der Waals surface area contributed by atoms with Gasteiger partial charge in [0.1, 0.15) is 29.0 Å². The number of hydrogen-bond donors (Lipinski definition) is 2. The smallest absolute Gasteiger partial charge is 0.261 e. The van der Waals surface area contributed by atoms with Crippen LogP contribution in [0.4, 0.5) is 15.9 Å². The molecule has 0 aliphatic rings. The van der Waals surface area contributed by atoms with Crippen molar-refractivity contribution in [2.75, 3.05) is 25.3 Å². The predicted molar refractivity (Wildman–Crippen MR) is 172 cm³/mol. The summed E-state index contributed by atoms with van der Waals surface area (Å²) >= 11 is 0. The van der Waals surface area contributed by atoms with Gasteiger partial charge in [-0.3, -0.25) is 9.59 Å². The Balaban J connectivity index is 1.49. The van der Waals surface area contributed by atoms with Gasteiger partial charge >= 0.3 is 0 Å². The van der Waals surface area contributed by atoms with Crippen LogP contribution in [0.2, 0.25) is 0 Å². The van der Waals surface area contributed by atoms with Crippen LogP contribution < -0.4 is 26.0 Å². The van der Waals surface area contributed by atoms with Crippen LogP contribution in [0.3, 0.4) is 0 Å². The second-order valence-corrected chi connectivity index (χ2v) is 10.4. The van der Waals surface area contributed by atoms with Gasteiger partial charge in [-0.15, -0.1) is 0 Å². The fraction of sp³-hybridized carbons (Fsp3) is 0.143. The van der Waals surface area contributed by atoms with Crippen LogP contribution in [0, 0.1) is 17.1 Å². The fourth-order valence-electron chi connectivity index (χ4n) is 5.06. The molecule has 5 aromatic rings. The van der Waals surface area contributed by atoms with Gasteiger partial charge in [-0.25, -0.2) is 9.37 Å². The number of methoxy groups -OCH3 is 2. The summed E-state index contributed by atoms with van der Waals surface area (Å²) in [6.07, 6.45) is 2.95. The third kappa shape index (κ3) is 5.96. The molecule has 0 saturated carbocycles. The van der Waals surface area contributed by atoms with E-state index in [-0.39, 0.29) is 39.9 Å². The molecule has 0 aliphatic carbocycles. The Morgan fingerprint density at radius 3 is 2.33 bits per heavy atom. The summed E-state index contributed by atoms with van der Waals surface area (Å²) in [7, 11) is 3.08. The molecule has 3 aromatic carbocycles. The largest absolute Gasteiger partial charge is 0.493 e. The Morgan fingerprint density at radius 1 is 0.956 bits per heavy atom. The highest BCUT2D eigenvalue weighted by Crippen LogP contribution is 2.36. The van der Waals surface area contributed by atoms with E-state index in [9.17, 15) is 14.9 Å². The number of pyridine rings is 2. The maximum Gasteiger partial charge on any atom is 0.261 e. The molecule has 10 heteroatoms. The van der Waals surface area contributed by atoms with Crippen molar-refractivity contribution < 1.29 is 18.7 Å². The number of carbonyl (C=O) groups is 1. The van der Waals surface area contributed by atoms with Gasteiger partial charge < -0.3 is 25.1 Å². The van der Waals surface area contributed by atoms with Crippen LogP contribution in [-0.2, 0) is 0 Å². The molecule has 1 amide bonds. The maximum atomic E-state index is 15.6. The molecule has 3 N–H and O–H groups in total. The van der Waals surface area contributed by atoms with Gasteiger partial charge in [-0.2, -0.15) is 5.26 Å². The molecule has 5 rings (SSSR count). The number of hydrogen-bond acceptors (Lipinski definition) is 7. The van der Waals surface area contributed by atoms with E-state index in [1.807, 2.05) is 19.9 Å². The SMILES string of the molecule is COc1ccc(-c2cnc(N)c(-c3ccc(NC(=O)c4cn(C(C)C)c(C#N)c(-c5ccccc5)c4=O)cc3F)c2)cc1OC. The number of nitrogen functional groups attached to an aromatic ring is 1. The number of nitrogens with zero attached hydrogens (tertiary/aromatic N) is 3. The number of amides is 1. The molecule has 2 heterocycles. The van der Waals surface area contributed by atoms with Crippen molar-refractivity contribution in [3.63, 3.8) is 0 Å². The molecular formula is C35H30FN5O4. The molecule has 0 atom stereocenters. The van der Waals surface area contributed by atoms with Crippen LogP contribution in [0.15, 0.2) is 90.0 Å². The molecule has 0 radical (unpaired) electrons. The summed E-state index contributed by atoms with van der Waals surface area (Å²) in [4.78, 5) is 31.3. The van der Waals surface area contributed by atoms with Crippen LogP contribution in [0.25, 0.3) is 33.4 Å². The zero-order valence-corrected chi connectivity index (χ0v) is 25.1. The van der Waals surface area contributed by atoms with E-state index < -0.39 is 17.2 Å². The number of nitrogens with one attached hydrogen (secondary N) is 1. The number of nitriles is 1. The number of rotatable bonds is 8. The van der Waals surface area contributed by atoms with E-state index in [4.69, 9.17) is 15.2 Å². The molecular weight excluding hydrogens is 573 g/mol. The predicted octanol–water partition coefficient (Wildman–Crippen LogP) is 6.69. The minimum absolute atomic E-state index is 0.121. The normalized spacial score (nSPS) is 10.8. The second-order valence-electron chi connectivity index (χ2n) is 10.4. The molecule has 0 unspecified atom stereocenters. The van der Waals surface area contributed by atoms with Gasteiger partial charge in [0.05, 0.1) is 19.8 Å². The number of nitrogens with two attached hydrogens (primary N) is 1. The molecule has 0 spiro atoms. The average Bonchev–Trinajstić information content (AvgIpc) is 3.04. The van der Waals surface area contributed by atoms with Crippen molar-refractivity contribution in [3.8, 4) is 50.9 Å². The summed E-state index contributed by atoms with van der Waals surface area (Å²) in [6.45, 7) is 3.69. The third-order valence-corrected chi connectivity index (χ3v) is 7.36. The molecule has 9 nitrogen and oxygen atoms in total. The van der Waals surface area contributed by atoms with E-state index in [1.54, 1.807) is 66.4 Å². The fourth-order valence-corrected chi connectivity index (χ4v) is 5.06. The quantitative estimate of drug-likeness (QED) is 0.202. The average molecular weight is 604 g/mol. The first kappa shape index (κ1) is 30.5. The standard InChI is InChI=1S/C35H30FN5O4/c1-20(2)41-19-27(33(42)32(29(41)17-37)21-8-6-5-7-9-21)35(43)40-24-11-12-25(28(36)16-24)26-14-23(18-39-34(26)38)22-10-13-30(44-3)31(15-22)45-4/h5-16,18-20H,1-4H3,(H2,38,39)(H,40,43). The number of anilines is 2. The van der Waals surface area contributed by atoms with Crippen molar-refractivity contribution in [1.82, 2.24) is 9.55 Å². The molecule has 226 valence electrons. The minimum atomic E-state index is -0.736. The van der Waals surface area contributed by atoms with Gasteiger partial charge in [-0.05, 0) is 61.4 Å². The van der Waals surface area contributed by atoms with Crippen LogP contribution in [-0.4, -0.2) is 29.7 Å². The zero-order chi connectivity index (χ0) is 32.2. The first-order chi connectivity index (χ1) is 21.7. The Labute approximate surface area is 259 Å². The van der Waals surface area contributed by atoms with Gasteiger partial charge in [0.25, 0.3) is 5.91 Å². The topological polar surface area (TPSA) is 132 Å². The number of aromatic nitrogens is 2. The van der Waals surface area contributed by atoms with Crippen LogP contribution >= 0.6 is 0 Å². The van der Waals surface area contributed by atoms with E-state index in [0.29, 0.717) is 28.2 Å². The Kier molecular flexibility index (Phi) is 8.63. The van der Waals surface area contributed by atoms with Gasteiger partial charge in [0, 0.05) is 40.8 Å². The lowest BCUT2D eigenvalue weighted by atomic mass is 9.99. The molecule has 0 saturated heterocycles. The summed E-state index contributed by atoms with van der Waals surface area (Å²) in [5.74, 6) is -0.183. The van der Waals surface area contributed by atoms with Crippen LogP contribution in [0.1, 0.15) is 35.9 Å². The highest BCUT2D eigenvalue weighted by molar-refractivity contribution is 6.05. The summed E-state index contributed by atoms with van der Waals surface area (Å²) in [5, 5.41) is 12.5. The van der Waals surface area contributed by atoms with Gasteiger partial charge in [-0.1, -0.05) is 36.4 Å².